The number of carbonyl (C=O) groups is 1. The van der Waals surface area contributed by atoms with E-state index in [1.165, 1.54) is 0 Å². The van der Waals surface area contributed by atoms with Crippen molar-refractivity contribution in [1.29, 1.82) is 0 Å². The minimum Gasteiger partial charge on any atom is -0.293 e. The van der Waals surface area contributed by atoms with E-state index < -0.39 is 0 Å². The molecule has 0 radical (unpaired) electrons. The first-order valence-electron chi connectivity index (χ1n) is 6.23. The summed E-state index contributed by atoms with van der Waals surface area (Å²) in [7, 11) is 0. The van der Waals surface area contributed by atoms with E-state index in [2.05, 4.69) is 19.1 Å². The number of Topliss-reactive ketones (excluding diaryl/α,β-unsaturated/α-hetero) is 1. The Bertz CT molecular complexity index is 442. The Kier molecular flexibility index (Phi) is 3.58. The Morgan fingerprint density at radius 2 is 2.00 bits per heavy atom. The summed E-state index contributed by atoms with van der Waals surface area (Å²) < 4.78 is 0. The Hall–Kier alpha value is -1.63. The summed E-state index contributed by atoms with van der Waals surface area (Å²) in [5, 5.41) is 0. The lowest BCUT2D eigenvalue weighted by Crippen LogP contribution is -2.29. The van der Waals surface area contributed by atoms with Gasteiger partial charge in [-0.15, -0.1) is 0 Å². The second-order valence-electron chi connectivity index (χ2n) is 4.59. The van der Waals surface area contributed by atoms with Crippen molar-refractivity contribution in [2.24, 2.45) is 5.41 Å². The maximum atomic E-state index is 12.6. The van der Waals surface area contributed by atoms with Crippen LogP contribution in [0.15, 0.2) is 54.6 Å². The fourth-order valence-corrected chi connectivity index (χ4v) is 2.46. The third kappa shape index (κ3) is 2.38. The standard InChI is InChI=1S/C16H18O/c1-2-11-16(12-7-4-8-13-16)15(17)14-9-5-3-6-10-14/h3-10,12H,2,11,13H2,1H3. The molecule has 1 aliphatic rings. The van der Waals surface area contributed by atoms with Gasteiger partial charge in [0, 0.05) is 5.56 Å². The van der Waals surface area contributed by atoms with Crippen LogP contribution in [0.1, 0.15) is 36.5 Å². The molecule has 0 spiro atoms. The summed E-state index contributed by atoms with van der Waals surface area (Å²) in [5.41, 5.74) is 0.506. The van der Waals surface area contributed by atoms with Crippen LogP contribution >= 0.6 is 0 Å². The summed E-state index contributed by atoms with van der Waals surface area (Å²) in [5.74, 6) is 0.251. The van der Waals surface area contributed by atoms with Crippen molar-refractivity contribution in [1.82, 2.24) is 0 Å². The monoisotopic (exact) mass is 226 g/mol. The zero-order chi connectivity index (χ0) is 12.1. The van der Waals surface area contributed by atoms with E-state index in [0.717, 1.165) is 24.8 Å². The predicted octanol–water partition coefficient (Wildman–Crippen LogP) is 4.17. The van der Waals surface area contributed by atoms with Crippen LogP contribution < -0.4 is 0 Å². The zero-order valence-corrected chi connectivity index (χ0v) is 10.2. The lowest BCUT2D eigenvalue weighted by Gasteiger charge is -2.29. The van der Waals surface area contributed by atoms with Gasteiger partial charge in [0.2, 0.25) is 0 Å². The van der Waals surface area contributed by atoms with Crippen LogP contribution in [0.5, 0.6) is 0 Å². The van der Waals surface area contributed by atoms with Crippen molar-refractivity contribution in [3.63, 3.8) is 0 Å². The lowest BCUT2D eigenvalue weighted by molar-refractivity contribution is 0.0840. The second kappa shape index (κ2) is 5.13. The zero-order valence-electron chi connectivity index (χ0n) is 10.2. The fraction of sp³-hybridized carbons (Fsp3) is 0.312. The molecule has 0 fully saturated rings. The van der Waals surface area contributed by atoms with Crippen molar-refractivity contribution >= 4 is 5.78 Å². The first kappa shape index (κ1) is 11.8. The lowest BCUT2D eigenvalue weighted by atomic mass is 9.72. The van der Waals surface area contributed by atoms with Gasteiger partial charge < -0.3 is 0 Å². The van der Waals surface area contributed by atoms with E-state index in [1.54, 1.807) is 0 Å². The molecule has 17 heavy (non-hydrogen) atoms. The minimum atomic E-state index is -0.315. The van der Waals surface area contributed by atoms with Crippen molar-refractivity contribution in [3.8, 4) is 0 Å². The van der Waals surface area contributed by atoms with E-state index in [4.69, 9.17) is 0 Å². The number of carbonyl (C=O) groups excluding carboxylic acids is 1. The van der Waals surface area contributed by atoms with E-state index in [-0.39, 0.29) is 11.2 Å². The highest BCUT2D eigenvalue weighted by Gasteiger charge is 2.34. The molecular weight excluding hydrogens is 208 g/mol. The summed E-state index contributed by atoms with van der Waals surface area (Å²) in [6.45, 7) is 2.13. The average Bonchev–Trinajstić information content (AvgIpc) is 2.40. The van der Waals surface area contributed by atoms with Gasteiger partial charge in [0.15, 0.2) is 5.78 Å². The molecule has 0 saturated heterocycles. The molecule has 0 aromatic heterocycles. The highest BCUT2D eigenvalue weighted by molar-refractivity contribution is 6.02. The molecule has 1 aliphatic carbocycles. The van der Waals surface area contributed by atoms with E-state index in [0.29, 0.717) is 0 Å². The number of ketones is 1. The van der Waals surface area contributed by atoms with Gasteiger partial charge in [0.1, 0.15) is 0 Å². The summed E-state index contributed by atoms with van der Waals surface area (Å²) in [4.78, 5) is 12.6. The number of allylic oxidation sites excluding steroid dienone is 4. The highest BCUT2D eigenvalue weighted by Crippen LogP contribution is 2.36. The van der Waals surface area contributed by atoms with Crippen LogP contribution in [0.3, 0.4) is 0 Å². The summed E-state index contributed by atoms with van der Waals surface area (Å²) >= 11 is 0. The number of benzene rings is 1. The molecule has 1 heteroatoms. The van der Waals surface area contributed by atoms with E-state index >= 15 is 0 Å². The molecule has 0 saturated carbocycles. The first-order chi connectivity index (χ1) is 8.28. The van der Waals surface area contributed by atoms with Gasteiger partial charge in [-0.1, -0.05) is 68.0 Å². The third-order valence-corrected chi connectivity index (χ3v) is 3.33. The minimum absolute atomic E-state index is 0.251. The third-order valence-electron chi connectivity index (χ3n) is 3.33. The molecule has 88 valence electrons. The maximum absolute atomic E-state index is 12.6. The smallest absolute Gasteiger partial charge is 0.173 e. The van der Waals surface area contributed by atoms with Gasteiger partial charge in [-0.25, -0.2) is 0 Å². The van der Waals surface area contributed by atoms with Crippen molar-refractivity contribution in [2.45, 2.75) is 26.2 Å². The first-order valence-corrected chi connectivity index (χ1v) is 6.23. The SMILES string of the molecule is CCCC1(C(=O)c2ccccc2)C=CC=CC1. The van der Waals surface area contributed by atoms with E-state index in [9.17, 15) is 4.79 Å². The Labute approximate surface area is 103 Å². The molecule has 2 rings (SSSR count). The molecule has 1 atom stereocenters. The average molecular weight is 226 g/mol. The van der Waals surface area contributed by atoms with Gasteiger partial charge in [0.25, 0.3) is 0 Å². The number of hydrogen-bond acceptors (Lipinski definition) is 1. The normalized spacial score (nSPS) is 22.6. The van der Waals surface area contributed by atoms with Gasteiger partial charge in [-0.05, 0) is 12.8 Å². The predicted molar refractivity (Wildman–Crippen MR) is 71.0 cm³/mol. The van der Waals surface area contributed by atoms with Gasteiger partial charge >= 0.3 is 0 Å². The molecule has 1 unspecified atom stereocenters. The summed E-state index contributed by atoms with van der Waals surface area (Å²) in [6.07, 6.45) is 11.0. The van der Waals surface area contributed by atoms with Gasteiger partial charge in [-0.2, -0.15) is 0 Å². The summed E-state index contributed by atoms with van der Waals surface area (Å²) in [6, 6.07) is 9.61. The quantitative estimate of drug-likeness (QED) is 0.704. The van der Waals surface area contributed by atoms with Crippen LogP contribution in [-0.2, 0) is 0 Å². The fourth-order valence-electron chi connectivity index (χ4n) is 2.46. The van der Waals surface area contributed by atoms with Crippen molar-refractivity contribution in [2.75, 3.05) is 0 Å². The van der Waals surface area contributed by atoms with Crippen LogP contribution in [0.25, 0.3) is 0 Å². The van der Waals surface area contributed by atoms with Crippen LogP contribution in [0, 0.1) is 5.41 Å². The van der Waals surface area contributed by atoms with Crippen LogP contribution in [0.4, 0.5) is 0 Å². The Balaban J connectivity index is 2.32. The van der Waals surface area contributed by atoms with Crippen LogP contribution in [0.2, 0.25) is 0 Å². The highest BCUT2D eigenvalue weighted by atomic mass is 16.1. The number of rotatable bonds is 4. The molecular formula is C16H18O. The molecule has 0 N–H and O–H groups in total. The molecule has 0 bridgehead atoms. The van der Waals surface area contributed by atoms with Crippen molar-refractivity contribution in [3.05, 3.63) is 60.2 Å². The van der Waals surface area contributed by atoms with Crippen LogP contribution in [-0.4, -0.2) is 5.78 Å². The molecule has 1 nitrogen and oxygen atoms in total. The maximum Gasteiger partial charge on any atom is 0.173 e. The second-order valence-corrected chi connectivity index (χ2v) is 4.59. The topological polar surface area (TPSA) is 17.1 Å². The largest absolute Gasteiger partial charge is 0.293 e. The van der Waals surface area contributed by atoms with Crippen molar-refractivity contribution < 1.29 is 4.79 Å². The number of hydrogen-bond donors (Lipinski definition) is 0. The molecule has 1 aromatic rings. The molecule has 0 amide bonds. The Morgan fingerprint density at radius 1 is 1.24 bits per heavy atom. The van der Waals surface area contributed by atoms with E-state index in [1.807, 2.05) is 42.5 Å². The van der Waals surface area contributed by atoms with Gasteiger partial charge in [0.05, 0.1) is 5.41 Å². The van der Waals surface area contributed by atoms with Gasteiger partial charge in [-0.3, -0.25) is 4.79 Å². The molecule has 1 aromatic carbocycles. The molecule has 0 aliphatic heterocycles. The molecule has 0 heterocycles. The Morgan fingerprint density at radius 3 is 2.59 bits per heavy atom.